The first-order chi connectivity index (χ1) is 7.88. The van der Waals surface area contributed by atoms with Gasteiger partial charge in [0.15, 0.2) is 0 Å². The Morgan fingerprint density at radius 3 is 3.31 bits per heavy atom. The maximum absolute atomic E-state index is 8.67. The van der Waals surface area contributed by atoms with Gasteiger partial charge in [0, 0.05) is 18.7 Å². The molecule has 2 rings (SSSR count). The van der Waals surface area contributed by atoms with E-state index in [0.29, 0.717) is 24.2 Å². The zero-order valence-corrected chi connectivity index (χ0v) is 9.02. The van der Waals surface area contributed by atoms with E-state index >= 15 is 0 Å². The van der Waals surface area contributed by atoms with Crippen molar-refractivity contribution in [3.05, 3.63) is 18.0 Å². The second-order valence-electron chi connectivity index (χ2n) is 3.86. The molecule has 0 spiro atoms. The number of nitriles is 1. The number of hydrogen-bond acceptors (Lipinski definition) is 5. The molecule has 5 heteroatoms. The summed E-state index contributed by atoms with van der Waals surface area (Å²) in [6, 6.07) is 3.82. The fourth-order valence-corrected chi connectivity index (χ4v) is 1.73. The second-order valence-corrected chi connectivity index (χ2v) is 3.86. The Balaban J connectivity index is 1.86. The van der Waals surface area contributed by atoms with Crippen LogP contribution in [0.25, 0.3) is 0 Å². The smallest absolute Gasteiger partial charge is 0.317 e. The third kappa shape index (κ3) is 2.91. The van der Waals surface area contributed by atoms with Gasteiger partial charge < -0.3 is 10.1 Å². The minimum Gasteiger partial charge on any atom is -0.463 e. The molecule has 0 saturated carbocycles. The van der Waals surface area contributed by atoms with Crippen molar-refractivity contribution >= 4 is 0 Å². The summed E-state index contributed by atoms with van der Waals surface area (Å²) in [6.45, 7) is 2.69. The lowest BCUT2D eigenvalue weighted by atomic mass is 10.0. The number of rotatable bonds is 3. The minimum absolute atomic E-state index is 0.296. The summed E-state index contributed by atoms with van der Waals surface area (Å²) in [4.78, 5) is 7.93. The van der Waals surface area contributed by atoms with Gasteiger partial charge in [-0.2, -0.15) is 10.2 Å². The van der Waals surface area contributed by atoms with Crippen LogP contribution < -0.4 is 10.1 Å². The lowest BCUT2D eigenvalue weighted by molar-refractivity contribution is 0.205. The first-order valence-electron chi connectivity index (χ1n) is 5.45. The van der Waals surface area contributed by atoms with Crippen molar-refractivity contribution in [3.8, 4) is 12.1 Å². The highest BCUT2D eigenvalue weighted by atomic mass is 16.5. The topological polar surface area (TPSA) is 70.8 Å². The molecule has 0 radical (unpaired) electrons. The molecule has 2 heterocycles. The van der Waals surface area contributed by atoms with E-state index in [4.69, 9.17) is 10.00 Å². The standard InChI is InChI=1S/C11H14N4O/c12-6-10-3-5-14-11(15-10)16-8-9-2-1-4-13-7-9/h3,5,9,13H,1-2,4,7-8H2. The molecule has 0 amide bonds. The molecule has 1 aliphatic heterocycles. The fourth-order valence-electron chi connectivity index (χ4n) is 1.73. The van der Waals surface area contributed by atoms with Crippen LogP contribution in [-0.4, -0.2) is 29.7 Å². The Hall–Kier alpha value is -1.67. The quantitative estimate of drug-likeness (QED) is 0.809. The summed E-state index contributed by atoms with van der Waals surface area (Å²) in [5.74, 6) is 0.517. The Bertz CT molecular complexity index is 382. The lowest BCUT2D eigenvalue weighted by Gasteiger charge is -2.22. The van der Waals surface area contributed by atoms with Crippen molar-refractivity contribution < 1.29 is 4.74 Å². The molecule has 0 aliphatic carbocycles. The summed E-state index contributed by atoms with van der Waals surface area (Å²) < 4.78 is 5.47. The molecule has 1 saturated heterocycles. The van der Waals surface area contributed by atoms with Crippen molar-refractivity contribution in [1.29, 1.82) is 5.26 Å². The number of nitrogens with one attached hydrogen (secondary N) is 1. The summed E-state index contributed by atoms with van der Waals surface area (Å²) in [5, 5.41) is 12.0. The van der Waals surface area contributed by atoms with Gasteiger partial charge >= 0.3 is 6.01 Å². The Morgan fingerprint density at radius 1 is 1.62 bits per heavy atom. The SMILES string of the molecule is N#Cc1ccnc(OCC2CCCNC2)n1. The largest absolute Gasteiger partial charge is 0.463 e. The van der Waals surface area contributed by atoms with Crippen molar-refractivity contribution in [2.75, 3.05) is 19.7 Å². The minimum atomic E-state index is 0.296. The molecule has 1 atom stereocenters. The van der Waals surface area contributed by atoms with Gasteiger partial charge in [-0.25, -0.2) is 4.98 Å². The third-order valence-corrected chi connectivity index (χ3v) is 2.60. The van der Waals surface area contributed by atoms with E-state index in [9.17, 15) is 0 Å². The van der Waals surface area contributed by atoms with Crippen LogP contribution >= 0.6 is 0 Å². The number of ether oxygens (including phenoxy) is 1. The molecule has 1 aromatic heterocycles. The zero-order valence-electron chi connectivity index (χ0n) is 9.02. The van der Waals surface area contributed by atoms with Crippen LogP contribution in [0.1, 0.15) is 18.5 Å². The fraction of sp³-hybridized carbons (Fsp3) is 0.545. The molecule has 1 N–H and O–H groups in total. The van der Waals surface area contributed by atoms with E-state index in [1.165, 1.54) is 12.8 Å². The van der Waals surface area contributed by atoms with Crippen molar-refractivity contribution in [2.24, 2.45) is 5.92 Å². The van der Waals surface area contributed by atoms with Crippen molar-refractivity contribution in [1.82, 2.24) is 15.3 Å². The molecule has 1 aromatic rings. The predicted molar refractivity (Wildman–Crippen MR) is 57.8 cm³/mol. The number of nitrogens with zero attached hydrogens (tertiary/aromatic N) is 3. The molecule has 0 bridgehead atoms. The molecule has 1 fully saturated rings. The van der Waals surface area contributed by atoms with E-state index < -0.39 is 0 Å². The molecule has 5 nitrogen and oxygen atoms in total. The van der Waals surface area contributed by atoms with Crippen LogP contribution in [0.5, 0.6) is 6.01 Å². The molecular weight excluding hydrogens is 204 g/mol. The Morgan fingerprint density at radius 2 is 2.56 bits per heavy atom. The van der Waals surface area contributed by atoms with Crippen LogP contribution in [0, 0.1) is 17.2 Å². The normalized spacial score (nSPS) is 20.1. The summed E-state index contributed by atoms with van der Waals surface area (Å²) in [7, 11) is 0. The van der Waals surface area contributed by atoms with Gasteiger partial charge in [-0.05, 0) is 25.5 Å². The number of hydrogen-bond donors (Lipinski definition) is 1. The first kappa shape index (κ1) is 10.8. The van der Waals surface area contributed by atoms with Gasteiger partial charge in [-0.15, -0.1) is 0 Å². The van der Waals surface area contributed by atoms with Gasteiger partial charge in [0.1, 0.15) is 11.8 Å². The maximum atomic E-state index is 8.67. The molecule has 16 heavy (non-hydrogen) atoms. The van der Waals surface area contributed by atoms with Crippen molar-refractivity contribution in [3.63, 3.8) is 0 Å². The van der Waals surface area contributed by atoms with Gasteiger partial charge in [0.05, 0.1) is 6.61 Å². The molecule has 0 aromatic carbocycles. The highest BCUT2D eigenvalue weighted by Gasteiger charge is 2.14. The summed E-state index contributed by atoms with van der Waals surface area (Å²) in [6.07, 6.45) is 3.90. The lowest BCUT2D eigenvalue weighted by Crippen LogP contribution is -2.33. The average Bonchev–Trinajstić information content (AvgIpc) is 2.38. The summed E-state index contributed by atoms with van der Waals surface area (Å²) in [5.41, 5.74) is 0.340. The monoisotopic (exact) mass is 218 g/mol. The highest BCUT2D eigenvalue weighted by Crippen LogP contribution is 2.11. The van der Waals surface area contributed by atoms with Crippen LogP contribution in [0.15, 0.2) is 12.3 Å². The van der Waals surface area contributed by atoms with Crippen LogP contribution in [0.2, 0.25) is 0 Å². The molecule has 1 unspecified atom stereocenters. The van der Waals surface area contributed by atoms with E-state index in [0.717, 1.165) is 13.1 Å². The van der Waals surface area contributed by atoms with Crippen LogP contribution in [0.3, 0.4) is 0 Å². The van der Waals surface area contributed by atoms with Gasteiger partial charge in [0.2, 0.25) is 0 Å². The first-order valence-corrected chi connectivity index (χ1v) is 5.45. The zero-order chi connectivity index (χ0) is 11.2. The summed E-state index contributed by atoms with van der Waals surface area (Å²) >= 11 is 0. The second kappa shape index (κ2) is 5.42. The molecular formula is C11H14N4O. The highest BCUT2D eigenvalue weighted by molar-refractivity contribution is 5.19. The van der Waals surface area contributed by atoms with E-state index in [-0.39, 0.29) is 0 Å². The average molecular weight is 218 g/mol. The van der Waals surface area contributed by atoms with Crippen molar-refractivity contribution in [2.45, 2.75) is 12.8 Å². The van der Waals surface area contributed by atoms with Crippen LogP contribution in [0.4, 0.5) is 0 Å². The van der Waals surface area contributed by atoms with Crippen LogP contribution in [-0.2, 0) is 0 Å². The molecule has 1 aliphatic rings. The molecule has 84 valence electrons. The Kier molecular flexibility index (Phi) is 3.67. The van der Waals surface area contributed by atoms with E-state index in [1.54, 1.807) is 12.3 Å². The van der Waals surface area contributed by atoms with Gasteiger partial charge in [-0.1, -0.05) is 0 Å². The number of aromatic nitrogens is 2. The van der Waals surface area contributed by atoms with E-state index in [1.807, 2.05) is 6.07 Å². The maximum Gasteiger partial charge on any atom is 0.317 e. The Labute approximate surface area is 94.5 Å². The third-order valence-electron chi connectivity index (χ3n) is 2.60. The van der Waals surface area contributed by atoms with Gasteiger partial charge in [0.25, 0.3) is 0 Å². The van der Waals surface area contributed by atoms with Gasteiger partial charge in [-0.3, -0.25) is 0 Å². The predicted octanol–water partition coefficient (Wildman–Crippen LogP) is 0.727. The van der Waals surface area contributed by atoms with E-state index in [2.05, 4.69) is 15.3 Å². The number of piperidine rings is 1.